The fraction of sp³-hybridized carbons (Fsp3) is 1.00. The maximum Gasteiger partial charge on any atom is 0.0110 e. The highest BCUT2D eigenvalue weighted by atomic mass is 15.2. The van der Waals surface area contributed by atoms with Gasteiger partial charge in [-0.2, -0.15) is 0 Å². The molecule has 0 rings (SSSR count). The van der Waals surface area contributed by atoms with Crippen molar-refractivity contribution in [3.05, 3.63) is 0 Å². The molecule has 0 aromatic heterocycles. The van der Waals surface area contributed by atoms with Crippen LogP contribution in [0.5, 0.6) is 0 Å². The third-order valence-electron chi connectivity index (χ3n) is 1.71. The van der Waals surface area contributed by atoms with Crippen molar-refractivity contribution in [1.82, 2.24) is 4.90 Å². The maximum atomic E-state index is 5.46. The van der Waals surface area contributed by atoms with Gasteiger partial charge in [-0.15, -0.1) is 0 Å². The van der Waals surface area contributed by atoms with Gasteiger partial charge in [-0.25, -0.2) is 0 Å². The van der Waals surface area contributed by atoms with Crippen LogP contribution in [0.25, 0.3) is 0 Å². The molecule has 0 atom stereocenters. The second-order valence-corrected chi connectivity index (χ2v) is 4.95. The Balaban J connectivity index is -0.000000249. The highest BCUT2D eigenvalue weighted by Gasteiger charge is 2.10. The van der Waals surface area contributed by atoms with Crippen LogP contribution in [0.1, 0.15) is 49.9 Å². The zero-order valence-corrected chi connectivity index (χ0v) is 11.2. The summed E-state index contributed by atoms with van der Waals surface area (Å²) in [7, 11) is 0. The van der Waals surface area contributed by atoms with E-state index in [1.165, 1.54) is 0 Å². The van der Waals surface area contributed by atoms with Crippen LogP contribution < -0.4 is 5.73 Å². The molecular formula is C12H32N2. The van der Waals surface area contributed by atoms with Crippen LogP contribution >= 0.6 is 0 Å². The molecule has 0 aromatic rings. The number of rotatable bonds is 4. The molecule has 2 N–H and O–H groups in total. The molecule has 0 heterocycles. The molecule has 2 nitrogen and oxygen atoms in total. The van der Waals surface area contributed by atoms with E-state index < -0.39 is 0 Å². The summed E-state index contributed by atoms with van der Waals surface area (Å²) in [6.07, 6.45) is 0. The van der Waals surface area contributed by atoms with Gasteiger partial charge in [0.05, 0.1) is 0 Å². The summed E-state index contributed by atoms with van der Waals surface area (Å²) >= 11 is 0. The molecule has 0 saturated heterocycles. The highest BCUT2D eigenvalue weighted by molar-refractivity contribution is 4.66. The second kappa shape index (κ2) is 9.47. The molecule has 0 aliphatic heterocycles. The van der Waals surface area contributed by atoms with Crippen LogP contribution in [0.4, 0.5) is 0 Å². The Morgan fingerprint density at radius 3 is 1.29 bits per heavy atom. The molecule has 0 fully saturated rings. The number of hydrogen-bond donors (Lipinski definition) is 1. The zero-order valence-electron chi connectivity index (χ0n) is 11.2. The van der Waals surface area contributed by atoms with E-state index in [9.17, 15) is 0 Å². The minimum atomic E-state index is 0. The molecule has 0 radical (unpaired) electrons. The lowest BCUT2D eigenvalue weighted by molar-refractivity contribution is 0.180. The first kappa shape index (κ1) is 16.4. The van der Waals surface area contributed by atoms with Crippen molar-refractivity contribution in [2.45, 2.75) is 60.5 Å². The van der Waals surface area contributed by atoms with Crippen LogP contribution in [-0.2, 0) is 0 Å². The minimum absolute atomic E-state index is 0. The van der Waals surface area contributed by atoms with Gasteiger partial charge in [-0.1, -0.05) is 20.8 Å². The van der Waals surface area contributed by atoms with Crippen LogP contribution in [-0.4, -0.2) is 30.1 Å². The minimum Gasteiger partial charge on any atom is -0.329 e. The van der Waals surface area contributed by atoms with Gasteiger partial charge in [0.15, 0.2) is 0 Å². The molecule has 0 amide bonds. The topological polar surface area (TPSA) is 29.3 Å². The Labute approximate surface area is 92.3 Å². The Hall–Kier alpha value is -0.0800. The molecule has 0 saturated carbocycles. The van der Waals surface area contributed by atoms with E-state index in [4.69, 9.17) is 5.73 Å². The summed E-state index contributed by atoms with van der Waals surface area (Å²) < 4.78 is 0. The Kier molecular flexibility index (Phi) is 11.1. The van der Waals surface area contributed by atoms with Gasteiger partial charge >= 0.3 is 0 Å². The van der Waals surface area contributed by atoms with Gasteiger partial charge in [0.25, 0.3) is 0 Å². The number of nitrogens with two attached hydrogens (primary N) is 1. The molecule has 0 bridgehead atoms. The summed E-state index contributed by atoms with van der Waals surface area (Å²) in [6.45, 7) is 17.1. The zero-order chi connectivity index (χ0) is 11.7. The Morgan fingerprint density at radius 1 is 0.929 bits per heavy atom. The smallest absolute Gasteiger partial charge is 0.0110 e. The average molecular weight is 204 g/mol. The van der Waals surface area contributed by atoms with Gasteiger partial charge in [-0.05, 0) is 33.6 Å². The van der Waals surface area contributed by atoms with E-state index in [-0.39, 0.29) is 1.43 Å². The Bertz CT molecular complexity index is 103. The summed E-state index contributed by atoms with van der Waals surface area (Å²) in [6, 6.07) is 1.23. The first-order valence-corrected chi connectivity index (χ1v) is 5.78. The van der Waals surface area contributed by atoms with E-state index in [1.807, 2.05) is 0 Å². The lowest BCUT2D eigenvalue weighted by Crippen LogP contribution is -2.40. The standard InChI is InChI=1S/C8H20N2.C4H10.H2/c1-7(2)10(6-5-9)8(3)4;1-4(2)3;/h7-8H,5-6,9H2,1-4H3;4H,1-3H3;1H. The van der Waals surface area contributed by atoms with Gasteiger partial charge in [-0.3, -0.25) is 4.90 Å². The van der Waals surface area contributed by atoms with Gasteiger partial charge in [0, 0.05) is 26.6 Å². The second-order valence-electron chi connectivity index (χ2n) is 4.95. The number of nitrogens with zero attached hydrogens (tertiary/aromatic N) is 1. The van der Waals surface area contributed by atoms with Crippen molar-refractivity contribution < 1.29 is 1.43 Å². The van der Waals surface area contributed by atoms with Crippen molar-refractivity contribution in [2.24, 2.45) is 11.7 Å². The van der Waals surface area contributed by atoms with Crippen LogP contribution in [0.3, 0.4) is 0 Å². The maximum absolute atomic E-state index is 5.46. The molecule has 0 unspecified atom stereocenters. The van der Waals surface area contributed by atoms with Crippen LogP contribution in [0.2, 0.25) is 0 Å². The predicted octanol–water partition coefficient (Wildman–Crippen LogP) is 2.97. The van der Waals surface area contributed by atoms with Gasteiger partial charge < -0.3 is 5.73 Å². The van der Waals surface area contributed by atoms with Gasteiger partial charge in [0.2, 0.25) is 0 Å². The van der Waals surface area contributed by atoms with Crippen LogP contribution in [0.15, 0.2) is 0 Å². The van der Waals surface area contributed by atoms with Crippen LogP contribution in [0, 0.1) is 5.92 Å². The average Bonchev–Trinajstić information content (AvgIpc) is 1.97. The fourth-order valence-corrected chi connectivity index (χ4v) is 1.26. The molecule has 0 aromatic carbocycles. The monoisotopic (exact) mass is 204 g/mol. The first-order chi connectivity index (χ1) is 6.32. The van der Waals surface area contributed by atoms with Gasteiger partial charge in [0.1, 0.15) is 0 Å². The fourth-order valence-electron chi connectivity index (χ4n) is 1.26. The quantitative estimate of drug-likeness (QED) is 0.763. The van der Waals surface area contributed by atoms with Crippen molar-refractivity contribution in [3.8, 4) is 0 Å². The number of hydrogen-bond acceptors (Lipinski definition) is 2. The normalized spacial score (nSPS) is 11.1. The Morgan fingerprint density at radius 2 is 1.21 bits per heavy atom. The van der Waals surface area contributed by atoms with Crippen molar-refractivity contribution in [3.63, 3.8) is 0 Å². The lowest BCUT2D eigenvalue weighted by Gasteiger charge is -2.29. The molecule has 0 aliphatic rings. The molecular weight excluding hydrogens is 172 g/mol. The summed E-state index contributed by atoms with van der Waals surface area (Å²) in [4.78, 5) is 2.39. The van der Waals surface area contributed by atoms with Crippen molar-refractivity contribution in [2.75, 3.05) is 13.1 Å². The van der Waals surface area contributed by atoms with E-state index in [2.05, 4.69) is 53.4 Å². The van der Waals surface area contributed by atoms with Crippen molar-refractivity contribution >= 4 is 0 Å². The molecule has 2 heteroatoms. The van der Waals surface area contributed by atoms with E-state index >= 15 is 0 Å². The SMILES string of the molecule is CC(C)C.CC(C)N(CCN)C(C)C.[HH]. The largest absolute Gasteiger partial charge is 0.329 e. The first-order valence-electron chi connectivity index (χ1n) is 5.78. The third-order valence-corrected chi connectivity index (χ3v) is 1.71. The van der Waals surface area contributed by atoms with Crippen molar-refractivity contribution in [1.29, 1.82) is 0 Å². The molecule has 14 heavy (non-hydrogen) atoms. The molecule has 90 valence electrons. The predicted molar refractivity (Wildman–Crippen MR) is 68.7 cm³/mol. The van der Waals surface area contributed by atoms with E-state index in [0.29, 0.717) is 12.1 Å². The highest BCUT2D eigenvalue weighted by Crippen LogP contribution is 2.02. The summed E-state index contributed by atoms with van der Waals surface area (Å²) in [5, 5.41) is 0. The third kappa shape index (κ3) is 11.9. The summed E-state index contributed by atoms with van der Waals surface area (Å²) in [5.74, 6) is 0.833. The summed E-state index contributed by atoms with van der Waals surface area (Å²) in [5.41, 5.74) is 5.46. The lowest BCUT2D eigenvalue weighted by atomic mass is 10.2. The molecule has 0 aliphatic carbocycles. The van der Waals surface area contributed by atoms with E-state index in [1.54, 1.807) is 0 Å². The molecule has 0 spiro atoms. The van der Waals surface area contributed by atoms with E-state index in [0.717, 1.165) is 19.0 Å².